The van der Waals surface area contributed by atoms with E-state index in [1.54, 1.807) is 14.0 Å². The van der Waals surface area contributed by atoms with Crippen LogP contribution in [0, 0.1) is 0 Å². The fourth-order valence-electron chi connectivity index (χ4n) is 6.26. The second-order valence-electron chi connectivity index (χ2n) is 14.5. The van der Waals surface area contributed by atoms with Gasteiger partial charge in [0, 0.05) is 60.4 Å². The maximum Gasteiger partial charge on any atom is 0.410 e. The molecule has 1 aromatic heterocycles. The number of amides is 3. The van der Waals surface area contributed by atoms with Crippen molar-refractivity contribution < 1.29 is 29.0 Å². The van der Waals surface area contributed by atoms with Gasteiger partial charge < -0.3 is 24.8 Å². The number of rotatable bonds is 9. The minimum absolute atomic E-state index is 0.101. The predicted octanol–water partition coefficient (Wildman–Crippen LogP) is 2.64. The lowest BCUT2D eigenvalue weighted by atomic mass is 10.0. The molecule has 13 nitrogen and oxygen atoms in total. The van der Waals surface area contributed by atoms with Crippen molar-refractivity contribution in [3.05, 3.63) is 28.2 Å². The Morgan fingerprint density at radius 1 is 1.11 bits per heavy atom. The van der Waals surface area contributed by atoms with Gasteiger partial charge in [0.25, 0.3) is 5.91 Å². The Morgan fingerprint density at radius 3 is 2.56 bits per heavy atom. The second kappa shape index (κ2) is 12.9. The number of nitrogens with one attached hydrogen (secondary N) is 1. The summed E-state index contributed by atoms with van der Waals surface area (Å²) in [5.74, 6) is -0.688. The van der Waals surface area contributed by atoms with Crippen molar-refractivity contribution in [2.45, 2.75) is 90.1 Å². The van der Waals surface area contributed by atoms with Crippen LogP contribution >= 0.6 is 0 Å². The normalized spacial score (nSPS) is 21.4. The van der Waals surface area contributed by atoms with Crippen molar-refractivity contribution in [1.82, 2.24) is 23.8 Å². The summed E-state index contributed by atoms with van der Waals surface area (Å²) in [6.45, 7) is 15.4. The Morgan fingerprint density at radius 2 is 1.87 bits per heavy atom. The molecular weight excluding hydrogens is 596 g/mol. The van der Waals surface area contributed by atoms with Crippen LogP contribution in [0.2, 0.25) is 25.7 Å². The molecular formula is C31H48N6O7Si. The zero-order chi connectivity index (χ0) is 32.7. The van der Waals surface area contributed by atoms with Crippen LogP contribution in [0.25, 0.3) is 11.0 Å². The van der Waals surface area contributed by atoms with Gasteiger partial charge in [-0.3, -0.25) is 28.5 Å². The summed E-state index contributed by atoms with van der Waals surface area (Å²) < 4.78 is 14.6. The van der Waals surface area contributed by atoms with Crippen LogP contribution in [-0.2, 0) is 32.2 Å². The summed E-state index contributed by atoms with van der Waals surface area (Å²) >= 11 is 0. The monoisotopic (exact) mass is 644 g/mol. The number of piperazine rings is 1. The van der Waals surface area contributed by atoms with Gasteiger partial charge in [-0.15, -0.1) is 0 Å². The molecule has 2 atom stereocenters. The largest absolute Gasteiger partial charge is 0.444 e. The highest BCUT2D eigenvalue weighted by atomic mass is 28.3. The first-order chi connectivity index (χ1) is 21.2. The minimum Gasteiger partial charge on any atom is -0.444 e. The van der Waals surface area contributed by atoms with E-state index in [-0.39, 0.29) is 49.9 Å². The summed E-state index contributed by atoms with van der Waals surface area (Å²) in [5.41, 5.74) is 2.30. The van der Waals surface area contributed by atoms with Gasteiger partial charge in [-0.1, -0.05) is 25.7 Å². The molecule has 14 heteroatoms. The summed E-state index contributed by atoms with van der Waals surface area (Å²) in [7, 11) is -1.33. The zero-order valence-corrected chi connectivity index (χ0v) is 28.4. The van der Waals surface area contributed by atoms with E-state index in [1.165, 1.54) is 0 Å². The standard InChI is InChI=1S/C31H48N6O7Si/c1-31(2,3)44-30(42)34-14-13-33(22(18-34)19-38)17-21-7-8-23-27-26(21)32-11-12-35(27)29(41)37(23)24-9-10-25(39)36(28(24)40)20-43-15-16-45(4,5)6/h7-8,22,24,32,38H,9-20H2,1-6H3/t22-,24?/m1/s1. The van der Waals surface area contributed by atoms with Gasteiger partial charge in [-0.2, -0.15) is 0 Å². The molecule has 0 bridgehead atoms. The molecule has 5 rings (SSSR count). The Bertz CT molecular complexity index is 1510. The van der Waals surface area contributed by atoms with Gasteiger partial charge in [-0.25, -0.2) is 9.59 Å². The molecule has 3 amide bonds. The zero-order valence-electron chi connectivity index (χ0n) is 27.4. The lowest BCUT2D eigenvalue weighted by Crippen LogP contribution is -2.56. The lowest BCUT2D eigenvalue weighted by molar-refractivity contribution is -0.157. The Labute approximate surface area is 265 Å². The number of hydrogen-bond donors (Lipinski definition) is 2. The van der Waals surface area contributed by atoms with Crippen molar-refractivity contribution in [1.29, 1.82) is 0 Å². The number of imide groups is 1. The second-order valence-corrected chi connectivity index (χ2v) is 20.1. The van der Waals surface area contributed by atoms with Gasteiger partial charge in [0.1, 0.15) is 18.4 Å². The highest BCUT2D eigenvalue weighted by molar-refractivity contribution is 6.76. The van der Waals surface area contributed by atoms with E-state index < -0.39 is 25.6 Å². The summed E-state index contributed by atoms with van der Waals surface area (Å²) in [5, 5.41) is 13.7. The van der Waals surface area contributed by atoms with Crippen LogP contribution in [0.4, 0.5) is 10.5 Å². The van der Waals surface area contributed by atoms with Crippen LogP contribution in [0.15, 0.2) is 16.9 Å². The number of aliphatic hydroxyl groups excluding tert-OH is 1. The molecule has 0 aliphatic carbocycles. The molecule has 248 valence electrons. The number of ether oxygens (including phenoxy) is 2. The Balaban J connectivity index is 1.37. The average Bonchev–Trinajstić information content (AvgIpc) is 3.25. The summed E-state index contributed by atoms with van der Waals surface area (Å²) in [6.07, 6.45) is 0.0282. The van der Waals surface area contributed by atoms with Crippen molar-refractivity contribution in [3.63, 3.8) is 0 Å². The van der Waals surface area contributed by atoms with Crippen molar-refractivity contribution in [3.8, 4) is 0 Å². The molecule has 2 fully saturated rings. The van der Waals surface area contributed by atoms with Gasteiger partial charge in [0.15, 0.2) is 0 Å². The van der Waals surface area contributed by atoms with Gasteiger partial charge in [-0.05, 0) is 44.9 Å². The van der Waals surface area contributed by atoms with E-state index in [1.807, 2.05) is 32.9 Å². The molecule has 2 saturated heterocycles. The number of anilines is 1. The van der Waals surface area contributed by atoms with E-state index in [4.69, 9.17) is 9.47 Å². The van der Waals surface area contributed by atoms with Crippen molar-refractivity contribution in [2.24, 2.45) is 0 Å². The van der Waals surface area contributed by atoms with Crippen molar-refractivity contribution >= 4 is 42.7 Å². The first-order valence-corrected chi connectivity index (χ1v) is 19.6. The van der Waals surface area contributed by atoms with E-state index in [9.17, 15) is 24.3 Å². The smallest absolute Gasteiger partial charge is 0.410 e. The van der Waals surface area contributed by atoms with Crippen LogP contribution in [0.3, 0.4) is 0 Å². The maximum atomic E-state index is 13.8. The third kappa shape index (κ3) is 7.13. The SMILES string of the molecule is CC(C)(C)OC(=O)N1CCN(Cc2ccc3c4c2NCCn4c(=O)n3C2CCC(=O)N(COCC[Si](C)(C)C)C2=O)[C@@H](CO)C1. The number of benzene rings is 1. The average molecular weight is 645 g/mol. The number of imidazole rings is 1. The molecule has 3 aliphatic rings. The Hall–Kier alpha value is -3.20. The van der Waals surface area contributed by atoms with Gasteiger partial charge in [0.05, 0.1) is 29.4 Å². The van der Waals surface area contributed by atoms with Crippen LogP contribution in [0.1, 0.15) is 45.2 Å². The number of hydrogen-bond acceptors (Lipinski definition) is 9. The highest BCUT2D eigenvalue weighted by Gasteiger charge is 2.39. The highest BCUT2D eigenvalue weighted by Crippen LogP contribution is 2.34. The molecule has 1 aromatic carbocycles. The fourth-order valence-corrected chi connectivity index (χ4v) is 7.02. The third-order valence-electron chi connectivity index (χ3n) is 8.70. The number of likely N-dealkylation sites (tertiary alicyclic amines) is 1. The van der Waals surface area contributed by atoms with Crippen LogP contribution < -0.4 is 11.0 Å². The molecule has 4 heterocycles. The number of carbonyl (C=O) groups excluding carboxylic acids is 3. The van der Waals surface area contributed by atoms with E-state index in [0.29, 0.717) is 51.4 Å². The van der Waals surface area contributed by atoms with E-state index in [2.05, 4.69) is 29.9 Å². The first-order valence-electron chi connectivity index (χ1n) is 15.9. The molecule has 1 unspecified atom stereocenters. The summed E-state index contributed by atoms with van der Waals surface area (Å²) in [4.78, 5) is 57.8. The van der Waals surface area contributed by atoms with Crippen molar-refractivity contribution in [2.75, 3.05) is 51.4 Å². The molecule has 0 saturated carbocycles. The van der Waals surface area contributed by atoms with E-state index in [0.717, 1.165) is 27.7 Å². The lowest BCUT2D eigenvalue weighted by Gasteiger charge is -2.41. The van der Waals surface area contributed by atoms with E-state index >= 15 is 0 Å². The molecule has 0 radical (unpaired) electrons. The quantitative estimate of drug-likeness (QED) is 0.240. The maximum absolute atomic E-state index is 13.8. The number of aromatic nitrogens is 2. The fraction of sp³-hybridized carbons (Fsp3) is 0.677. The van der Waals surface area contributed by atoms with Crippen LogP contribution in [0.5, 0.6) is 0 Å². The van der Waals surface area contributed by atoms with Gasteiger partial charge >= 0.3 is 11.8 Å². The molecule has 0 spiro atoms. The molecule has 2 aromatic rings. The van der Waals surface area contributed by atoms with Gasteiger partial charge in [0.2, 0.25) is 5.91 Å². The molecule has 45 heavy (non-hydrogen) atoms. The topological polar surface area (TPSA) is 139 Å². The Kier molecular flexibility index (Phi) is 9.50. The number of carbonyl (C=O) groups is 3. The molecule has 2 N–H and O–H groups in total. The predicted molar refractivity (Wildman–Crippen MR) is 173 cm³/mol. The third-order valence-corrected chi connectivity index (χ3v) is 10.4. The minimum atomic E-state index is -1.33. The number of piperidine rings is 1. The number of nitrogens with zero attached hydrogens (tertiary/aromatic N) is 5. The first kappa shape index (κ1) is 33.2. The molecule has 3 aliphatic heterocycles. The number of aliphatic hydroxyl groups is 1. The summed E-state index contributed by atoms with van der Waals surface area (Å²) in [6, 6.07) is 3.69. The van der Waals surface area contributed by atoms with Crippen LogP contribution in [-0.4, -0.2) is 113 Å².